The van der Waals surface area contributed by atoms with Gasteiger partial charge in [0.1, 0.15) is 73.2 Å². The van der Waals surface area contributed by atoms with Gasteiger partial charge in [-0.15, -0.1) is 0 Å². The quantitative estimate of drug-likeness (QED) is 0.0199. The number of aliphatic hydroxyl groups is 11. The predicted octanol–water partition coefficient (Wildman–Crippen LogP) is 9.49. The van der Waals surface area contributed by atoms with Crippen LogP contribution in [-0.4, -0.2) is 193 Å². The molecule has 0 bridgehead atoms. The van der Waals surface area contributed by atoms with Crippen LogP contribution >= 0.6 is 0 Å². The molecule has 3 heterocycles. The molecule has 3 rings (SSSR count). The summed E-state index contributed by atoms with van der Waals surface area (Å²) < 4.78 is 34.4. The van der Waals surface area contributed by atoms with Crippen molar-refractivity contribution in [2.45, 2.75) is 336 Å². The van der Waals surface area contributed by atoms with Crippen LogP contribution in [0.4, 0.5) is 0 Å². The van der Waals surface area contributed by atoms with Gasteiger partial charge in [-0.3, -0.25) is 4.79 Å². The number of amides is 1. The van der Waals surface area contributed by atoms with Gasteiger partial charge in [-0.05, 0) is 70.6 Å². The van der Waals surface area contributed by atoms with Crippen LogP contribution in [0, 0.1) is 0 Å². The van der Waals surface area contributed by atoms with Gasteiger partial charge in [-0.2, -0.15) is 0 Å². The molecule has 3 saturated heterocycles. The third kappa shape index (κ3) is 35.0. The Kier molecular flexibility index (Phi) is 48.0. The van der Waals surface area contributed by atoms with Gasteiger partial charge in [-0.1, -0.05) is 240 Å². The van der Waals surface area contributed by atoms with Crippen LogP contribution in [0.3, 0.4) is 0 Å². The Hall–Kier alpha value is -3.03. The molecule has 0 saturated carbocycles. The van der Waals surface area contributed by atoms with Crippen LogP contribution in [0.25, 0.3) is 0 Å². The average molecular weight is 1290 g/mol. The zero-order chi connectivity index (χ0) is 66.1. The van der Waals surface area contributed by atoms with Gasteiger partial charge in [0.25, 0.3) is 0 Å². The molecule has 12 N–H and O–H groups in total. The van der Waals surface area contributed by atoms with Crippen LogP contribution in [0.15, 0.2) is 85.1 Å². The summed E-state index contributed by atoms with van der Waals surface area (Å²) in [5.41, 5.74) is 0. The first-order valence-electron chi connectivity index (χ1n) is 35.3. The highest BCUT2D eigenvalue weighted by molar-refractivity contribution is 5.76. The van der Waals surface area contributed by atoms with Crippen molar-refractivity contribution in [2.24, 2.45) is 0 Å². The highest BCUT2D eigenvalue weighted by Crippen LogP contribution is 2.33. The summed E-state index contributed by atoms with van der Waals surface area (Å²) in [6.07, 6.45) is 41.2. The highest BCUT2D eigenvalue weighted by Gasteiger charge is 2.53. The van der Waals surface area contributed by atoms with E-state index in [1.165, 1.54) is 109 Å². The average Bonchev–Trinajstić information content (AvgIpc) is 0.884. The zero-order valence-corrected chi connectivity index (χ0v) is 55.5. The number of allylic oxidation sites excluding steroid dienone is 13. The molecule has 91 heavy (non-hydrogen) atoms. The monoisotopic (exact) mass is 1290 g/mol. The number of rotatable bonds is 53. The normalized spacial score (nSPS) is 28.4. The molecule has 0 aromatic rings. The van der Waals surface area contributed by atoms with E-state index in [4.69, 9.17) is 28.4 Å². The van der Waals surface area contributed by atoms with Crippen molar-refractivity contribution in [1.29, 1.82) is 0 Å². The van der Waals surface area contributed by atoms with Crippen molar-refractivity contribution in [1.82, 2.24) is 5.32 Å². The molecule has 0 aromatic carbocycles. The smallest absolute Gasteiger partial charge is 0.220 e. The zero-order valence-electron chi connectivity index (χ0n) is 55.5. The van der Waals surface area contributed by atoms with Gasteiger partial charge in [0.2, 0.25) is 5.91 Å². The topological polar surface area (TPSA) is 307 Å². The number of aliphatic hydroxyl groups excluding tert-OH is 11. The van der Waals surface area contributed by atoms with E-state index in [1.807, 2.05) is 6.08 Å². The van der Waals surface area contributed by atoms with Gasteiger partial charge < -0.3 is 89.9 Å². The molecule has 19 nitrogen and oxygen atoms in total. The molecule has 3 fully saturated rings. The molecule has 3 aliphatic heterocycles. The minimum Gasteiger partial charge on any atom is -0.394 e. The Labute approximate surface area is 546 Å². The van der Waals surface area contributed by atoms with Gasteiger partial charge in [0.05, 0.1) is 38.6 Å². The molecule has 526 valence electrons. The lowest BCUT2D eigenvalue weighted by molar-refractivity contribution is -0.379. The molecule has 3 aliphatic rings. The third-order valence-electron chi connectivity index (χ3n) is 17.2. The number of hydrogen-bond acceptors (Lipinski definition) is 18. The van der Waals surface area contributed by atoms with E-state index in [2.05, 4.69) is 92.1 Å². The van der Waals surface area contributed by atoms with Gasteiger partial charge >= 0.3 is 0 Å². The highest BCUT2D eigenvalue weighted by atomic mass is 16.8. The van der Waals surface area contributed by atoms with Gasteiger partial charge in [0, 0.05) is 6.42 Å². The van der Waals surface area contributed by atoms with Gasteiger partial charge in [-0.25, -0.2) is 0 Å². The maximum Gasteiger partial charge on any atom is 0.220 e. The summed E-state index contributed by atoms with van der Waals surface area (Å²) in [4.78, 5) is 13.4. The lowest BCUT2D eigenvalue weighted by Gasteiger charge is -2.48. The number of ether oxygens (including phenoxy) is 6. The van der Waals surface area contributed by atoms with Gasteiger partial charge in [0.15, 0.2) is 18.9 Å². The Morgan fingerprint density at radius 2 is 0.758 bits per heavy atom. The van der Waals surface area contributed by atoms with E-state index in [1.54, 1.807) is 6.08 Å². The van der Waals surface area contributed by atoms with Crippen molar-refractivity contribution in [3.8, 4) is 0 Å². The summed E-state index contributed by atoms with van der Waals surface area (Å²) >= 11 is 0. The van der Waals surface area contributed by atoms with Crippen molar-refractivity contribution in [2.75, 3.05) is 26.4 Å². The minimum atomic E-state index is -1.98. The molecule has 0 aromatic heterocycles. The molecule has 0 radical (unpaired) electrons. The van der Waals surface area contributed by atoms with Crippen molar-refractivity contribution < 1.29 is 89.4 Å². The molecule has 17 atom stereocenters. The van der Waals surface area contributed by atoms with E-state index in [9.17, 15) is 61.0 Å². The Balaban J connectivity index is 1.42. The molecular formula is C72H125NO18. The lowest BCUT2D eigenvalue weighted by Crippen LogP contribution is -2.66. The number of carbonyl (C=O) groups is 1. The van der Waals surface area contributed by atoms with E-state index in [0.717, 1.165) is 96.3 Å². The number of hydrogen-bond donors (Lipinski definition) is 12. The standard InChI is InChI=1S/C72H125NO18/c1-3-5-7-9-11-13-15-17-19-21-22-23-24-25-26-27-28-29-30-31-32-34-36-38-40-42-44-46-48-50-60(78)73-55(56(77)49-47-45-43-41-39-37-35-33-20-18-16-14-12-10-8-6-4-2)54-86-70-66(84)63(81)68(58(52-75)88-70)91-72-67(85)64(82)69(59(53-76)89-72)90-71-65(83)62(80)61(79)57(51-74)87-71/h5,7,11,13,17,19,22-23,25-26,28-29,47,49,55-59,61-72,74-77,79-85H,3-4,6,8-10,12,14-16,18,20-21,24,27,30-46,48,50-54H2,1-2H3,(H,73,78)/b7-5-,13-11-,19-17-,23-22-,26-25-,29-28-,49-47+. The first kappa shape index (κ1) is 82.2. The molecule has 19 heteroatoms. The van der Waals surface area contributed by atoms with E-state index >= 15 is 0 Å². The molecule has 0 spiro atoms. The predicted molar refractivity (Wildman–Crippen MR) is 355 cm³/mol. The van der Waals surface area contributed by atoms with E-state index in [-0.39, 0.29) is 18.9 Å². The Morgan fingerprint density at radius 3 is 1.19 bits per heavy atom. The summed E-state index contributed by atoms with van der Waals surface area (Å²) in [7, 11) is 0. The number of unbranched alkanes of at least 4 members (excludes halogenated alkanes) is 25. The summed E-state index contributed by atoms with van der Waals surface area (Å²) in [5, 5.41) is 121. The van der Waals surface area contributed by atoms with Crippen molar-refractivity contribution >= 4 is 5.91 Å². The molecular weight excluding hydrogens is 1170 g/mol. The maximum absolute atomic E-state index is 13.4. The fourth-order valence-electron chi connectivity index (χ4n) is 11.5. The lowest BCUT2D eigenvalue weighted by atomic mass is 9.96. The maximum atomic E-state index is 13.4. The van der Waals surface area contributed by atoms with Crippen molar-refractivity contribution in [3.63, 3.8) is 0 Å². The summed E-state index contributed by atoms with van der Waals surface area (Å²) in [6, 6.07) is -0.981. The van der Waals surface area contributed by atoms with Crippen LogP contribution in [-0.2, 0) is 33.2 Å². The second-order valence-electron chi connectivity index (χ2n) is 25.0. The van der Waals surface area contributed by atoms with Crippen LogP contribution in [0.5, 0.6) is 0 Å². The van der Waals surface area contributed by atoms with Crippen LogP contribution in [0.2, 0.25) is 0 Å². The molecule has 1 amide bonds. The number of carbonyl (C=O) groups excluding carboxylic acids is 1. The minimum absolute atomic E-state index is 0.233. The second-order valence-corrected chi connectivity index (χ2v) is 25.0. The SMILES string of the molecule is CC/C=C\C/C=C\C/C=C\C/C=C\C/C=C\C/C=C\CCCCCCCCCCCCC(=O)NC(COC1OC(CO)C(OC2OC(CO)C(OC3OC(CO)C(O)C(O)C3O)C(O)C2O)C(O)C1O)C(O)/C=C/CCCCCCCCCCCCCCCCC. The van der Waals surface area contributed by atoms with E-state index in [0.29, 0.717) is 6.42 Å². The van der Waals surface area contributed by atoms with Crippen LogP contribution < -0.4 is 5.32 Å². The summed E-state index contributed by atoms with van der Waals surface area (Å²) in [6.45, 7) is 1.62. The Bertz CT molecular complexity index is 1980. The first-order chi connectivity index (χ1) is 44.3. The molecule has 17 unspecified atom stereocenters. The number of nitrogens with one attached hydrogen (secondary N) is 1. The Morgan fingerprint density at radius 1 is 0.407 bits per heavy atom. The second kappa shape index (κ2) is 53.2. The third-order valence-corrected chi connectivity index (χ3v) is 17.2. The fourth-order valence-corrected chi connectivity index (χ4v) is 11.5. The summed E-state index contributed by atoms with van der Waals surface area (Å²) in [5.74, 6) is -0.283. The molecule has 0 aliphatic carbocycles. The van der Waals surface area contributed by atoms with Crippen molar-refractivity contribution in [3.05, 3.63) is 85.1 Å². The first-order valence-corrected chi connectivity index (χ1v) is 35.3. The largest absolute Gasteiger partial charge is 0.394 e. The van der Waals surface area contributed by atoms with E-state index < -0.39 is 124 Å². The van der Waals surface area contributed by atoms with Crippen LogP contribution in [0.1, 0.15) is 232 Å². The fraction of sp³-hybridized carbons (Fsp3) is 0.792.